The summed E-state index contributed by atoms with van der Waals surface area (Å²) in [6.07, 6.45) is 0. The number of thiophene rings is 2. The maximum Gasteiger partial charge on any atom is 0.272 e. The molecule has 14 nitrogen and oxygen atoms in total. The first-order valence-electron chi connectivity index (χ1n) is 21.8. The zero-order valence-corrected chi connectivity index (χ0v) is 41.5. The summed E-state index contributed by atoms with van der Waals surface area (Å²) >= 11 is 9.18. The molecule has 8 aromatic rings. The Hall–Kier alpha value is -6.41. The molecule has 2 aliphatic heterocycles. The minimum absolute atomic E-state index is 0.0272. The van der Waals surface area contributed by atoms with Gasteiger partial charge in [-0.05, 0) is 59.3 Å². The van der Waals surface area contributed by atoms with Gasteiger partial charge in [-0.15, -0.1) is 22.7 Å². The van der Waals surface area contributed by atoms with E-state index in [1.54, 1.807) is 78.7 Å². The fourth-order valence-electron chi connectivity index (χ4n) is 8.22. The van der Waals surface area contributed by atoms with Gasteiger partial charge in [-0.3, -0.25) is 19.2 Å². The first-order chi connectivity index (χ1) is 33.2. The number of nitrogens with one attached hydrogen (secondary N) is 1. The van der Waals surface area contributed by atoms with Crippen LogP contribution in [0.25, 0.3) is 21.8 Å². The lowest BCUT2D eigenvalue weighted by Gasteiger charge is -2.37. The molecular formula is C50H47ClN6O8S4. The number of aryl methyl sites for hydroxylation is 2. The lowest BCUT2D eigenvalue weighted by Crippen LogP contribution is -2.49. The van der Waals surface area contributed by atoms with Crippen molar-refractivity contribution in [2.24, 2.45) is 14.1 Å². The summed E-state index contributed by atoms with van der Waals surface area (Å²) in [6, 6.07) is 37.6. The second-order valence-corrected chi connectivity index (χ2v) is 22.0. The fourth-order valence-corrected chi connectivity index (χ4v) is 13.2. The number of carbonyl (C=O) groups is 2. The summed E-state index contributed by atoms with van der Waals surface area (Å²) in [5, 5.41) is 8.22. The number of carbonyl (C=O) groups excluding carboxylic acids is 2. The van der Waals surface area contributed by atoms with Crippen LogP contribution in [0.5, 0.6) is 0 Å². The molecule has 0 aliphatic carbocycles. The van der Waals surface area contributed by atoms with Crippen molar-refractivity contribution < 1.29 is 26.4 Å². The Morgan fingerprint density at radius 2 is 0.942 bits per heavy atom. The zero-order valence-electron chi connectivity index (χ0n) is 37.5. The maximum atomic E-state index is 13.7. The maximum absolute atomic E-state index is 13.7. The highest BCUT2D eigenvalue weighted by Gasteiger charge is 2.33. The molecular weight excluding hydrogens is 976 g/mol. The van der Waals surface area contributed by atoms with Gasteiger partial charge >= 0.3 is 0 Å². The Morgan fingerprint density at radius 3 is 1.43 bits per heavy atom. The normalized spacial score (nSPS) is 14.2. The number of halogens is 1. The van der Waals surface area contributed by atoms with Crippen molar-refractivity contribution in [1.82, 2.24) is 24.3 Å². The van der Waals surface area contributed by atoms with Crippen LogP contribution in [0, 0.1) is 0 Å². The number of sulfone groups is 2. The van der Waals surface area contributed by atoms with Crippen LogP contribution in [0.2, 0.25) is 5.02 Å². The van der Waals surface area contributed by atoms with Gasteiger partial charge in [0.1, 0.15) is 0 Å². The van der Waals surface area contributed by atoms with Crippen LogP contribution in [0.15, 0.2) is 173 Å². The molecule has 0 bridgehead atoms. The van der Waals surface area contributed by atoms with E-state index in [9.17, 15) is 36.0 Å². The molecule has 2 saturated heterocycles. The molecule has 0 saturated carbocycles. The summed E-state index contributed by atoms with van der Waals surface area (Å²) in [7, 11) is -4.94. The van der Waals surface area contributed by atoms with Gasteiger partial charge in [-0.1, -0.05) is 96.5 Å². The van der Waals surface area contributed by atoms with E-state index in [0.717, 1.165) is 31.1 Å². The van der Waals surface area contributed by atoms with E-state index >= 15 is 0 Å². The molecule has 0 atom stereocenters. The molecule has 2 amide bonds. The summed E-state index contributed by atoms with van der Waals surface area (Å²) in [5.41, 5.74) is 0.462. The van der Waals surface area contributed by atoms with Gasteiger partial charge in [0.05, 0.1) is 41.3 Å². The van der Waals surface area contributed by atoms with E-state index in [-0.39, 0.29) is 36.4 Å². The van der Waals surface area contributed by atoms with Crippen LogP contribution >= 0.6 is 34.3 Å². The monoisotopic (exact) mass is 1020 g/mol. The number of rotatable bonds is 7. The molecule has 0 radical (unpaired) electrons. The van der Waals surface area contributed by atoms with Gasteiger partial charge in [0.25, 0.3) is 22.9 Å². The second kappa shape index (κ2) is 21.1. The highest BCUT2D eigenvalue weighted by Crippen LogP contribution is 2.35. The lowest BCUT2D eigenvalue weighted by atomic mass is 10.1. The number of hydrogen-bond acceptors (Lipinski definition) is 12. The average Bonchev–Trinajstić information content (AvgIpc) is 4.14. The Kier molecular flexibility index (Phi) is 15.0. The van der Waals surface area contributed by atoms with Crippen LogP contribution in [0.3, 0.4) is 0 Å². The van der Waals surface area contributed by atoms with Gasteiger partial charge in [0, 0.05) is 77.2 Å². The third-order valence-electron chi connectivity index (χ3n) is 11.8. The number of fused-ring (bicyclic) bond motifs is 2. The van der Waals surface area contributed by atoms with E-state index in [0.29, 0.717) is 58.5 Å². The number of nitrogens with zero attached hydrogens (tertiary/aromatic N) is 5. The molecule has 10 rings (SSSR count). The second-order valence-electron chi connectivity index (χ2n) is 16.0. The van der Waals surface area contributed by atoms with E-state index in [1.807, 2.05) is 63.0 Å². The molecule has 0 spiro atoms. The predicted molar refractivity (Wildman–Crippen MR) is 273 cm³/mol. The van der Waals surface area contributed by atoms with Crippen molar-refractivity contribution in [1.29, 1.82) is 0 Å². The number of aromatic nitrogens is 2. The topological polar surface area (TPSA) is 168 Å². The van der Waals surface area contributed by atoms with Gasteiger partial charge < -0.3 is 29.2 Å². The van der Waals surface area contributed by atoms with Crippen LogP contribution in [-0.2, 0) is 33.8 Å². The molecule has 356 valence electrons. The Bertz CT molecular complexity index is 3480. The zero-order chi connectivity index (χ0) is 48.9. The average molecular weight is 1020 g/mol. The van der Waals surface area contributed by atoms with Crippen LogP contribution in [-0.4, -0.2) is 99.9 Å². The molecule has 0 unspecified atom stereocenters. The number of pyridine rings is 2. The minimum Gasteiger partial charge on any atom is -0.366 e. The quantitative estimate of drug-likeness (QED) is 0.172. The van der Waals surface area contributed by atoms with Gasteiger partial charge in [-0.2, -0.15) is 0 Å². The van der Waals surface area contributed by atoms with E-state index in [2.05, 4.69) is 5.32 Å². The van der Waals surface area contributed by atoms with Crippen molar-refractivity contribution in [3.8, 4) is 0 Å². The van der Waals surface area contributed by atoms with Gasteiger partial charge in [0.2, 0.25) is 19.7 Å². The van der Waals surface area contributed by atoms with Crippen molar-refractivity contribution in [2.75, 3.05) is 57.3 Å². The number of piperazine rings is 2. The lowest BCUT2D eigenvalue weighted by molar-refractivity contribution is 0.0737. The predicted octanol–water partition coefficient (Wildman–Crippen LogP) is 7.21. The van der Waals surface area contributed by atoms with Crippen molar-refractivity contribution in [3.63, 3.8) is 0 Å². The van der Waals surface area contributed by atoms with Crippen LogP contribution in [0.1, 0.15) is 19.3 Å². The summed E-state index contributed by atoms with van der Waals surface area (Å²) in [4.78, 5) is 57.2. The highest BCUT2D eigenvalue weighted by molar-refractivity contribution is 7.92. The number of anilines is 1. The summed E-state index contributed by atoms with van der Waals surface area (Å²) in [6.45, 7) is 5.20. The Balaban J connectivity index is 0.000000156. The molecule has 6 heterocycles. The third kappa shape index (κ3) is 10.0. The van der Waals surface area contributed by atoms with Crippen LogP contribution in [0.4, 0.5) is 5.69 Å². The van der Waals surface area contributed by atoms with Gasteiger partial charge in [-0.25, -0.2) is 16.8 Å². The molecule has 2 aliphatic rings. The Morgan fingerprint density at radius 1 is 0.522 bits per heavy atom. The largest absolute Gasteiger partial charge is 0.366 e. The number of hydrogen-bond donors (Lipinski definition) is 1. The smallest absolute Gasteiger partial charge is 0.272 e. The highest BCUT2D eigenvalue weighted by atomic mass is 35.5. The summed E-state index contributed by atoms with van der Waals surface area (Å²) in [5.74, 6) is 0.150. The number of benzene rings is 4. The fraction of sp³-hybridized carbons (Fsp3) is 0.200. The van der Waals surface area contributed by atoms with Crippen LogP contribution < -0.4 is 21.3 Å². The van der Waals surface area contributed by atoms with E-state index in [4.69, 9.17) is 11.6 Å². The molecule has 19 heteroatoms. The molecule has 4 aromatic carbocycles. The van der Waals surface area contributed by atoms with Crippen molar-refractivity contribution >= 4 is 93.3 Å². The Labute approximate surface area is 412 Å². The molecule has 2 fully saturated rings. The number of para-hydroxylation sites is 2. The molecule has 4 aromatic heterocycles. The minimum atomic E-state index is -4.08. The summed E-state index contributed by atoms with van der Waals surface area (Å²) < 4.78 is 55.7. The van der Waals surface area contributed by atoms with Crippen molar-refractivity contribution in [2.45, 2.75) is 19.6 Å². The van der Waals surface area contributed by atoms with Gasteiger partial charge in [0.15, 0.2) is 9.79 Å². The molecule has 1 N–H and O–H groups in total. The van der Waals surface area contributed by atoms with E-state index < -0.39 is 30.8 Å². The number of amides is 2. The first kappa shape index (κ1) is 49.0. The standard InChI is InChI=1S/C25H23N3O4S2.C16H12ClNO3S.C9H12N2OS/c1-26-20-11-6-5-10-19(20)22(23(25(26)30)34(31,32)18-8-3-2-4-9-18)27-13-15-28(16-14-27)24(29)21-12-7-17-33-21;1-18-13-10-6-5-9-12(13)14(17)15(16(18)19)22(20,21)11-7-3-2-4-8-11;12-9(8-2-1-7-13-8)11-5-3-10-4-6-11/h2-12,17H,13-16H2,1H3;2-10H,1H3;1-2,7,10H,3-6H2. The van der Waals surface area contributed by atoms with Crippen molar-refractivity contribution in [3.05, 3.63) is 180 Å². The molecule has 69 heavy (non-hydrogen) atoms. The van der Waals surface area contributed by atoms with E-state index in [1.165, 1.54) is 63.1 Å². The third-order valence-corrected chi connectivity index (χ3v) is 17.7. The SMILES string of the molecule is Cn1c(=O)c(S(=O)(=O)c2ccccc2)c(Cl)c2ccccc21.Cn1c(=O)c(S(=O)(=O)c2ccccc2)c(N2CCN(C(=O)c3cccs3)CC2)c2ccccc21.O=C(c1cccs1)N1CCNCC1. The first-order valence-corrected chi connectivity index (χ1v) is 26.9.